The smallest absolute Gasteiger partial charge is 0.0180 e. The maximum Gasteiger partial charge on any atom is 0.0180 e. The molecule has 0 amide bonds. The predicted octanol–water partition coefficient (Wildman–Crippen LogP) is 7.40. The van der Waals surface area contributed by atoms with E-state index in [1.54, 1.807) is 0 Å². The van der Waals surface area contributed by atoms with E-state index in [-0.39, 0.29) is 0 Å². The van der Waals surface area contributed by atoms with Crippen molar-refractivity contribution < 1.29 is 0 Å². The van der Waals surface area contributed by atoms with E-state index in [4.69, 9.17) is 0 Å². The van der Waals surface area contributed by atoms with E-state index in [2.05, 4.69) is 53.5 Å². The molecule has 1 fully saturated rings. The minimum absolute atomic E-state index is 0.494. The van der Waals surface area contributed by atoms with E-state index < -0.39 is 0 Å². The summed E-state index contributed by atoms with van der Waals surface area (Å²) < 4.78 is 0. The minimum atomic E-state index is 0.494. The topological polar surface area (TPSA) is 3.24 Å². The van der Waals surface area contributed by atoms with Crippen molar-refractivity contribution in [3.8, 4) is 0 Å². The van der Waals surface area contributed by atoms with Crippen LogP contribution in [0.25, 0.3) is 0 Å². The highest BCUT2D eigenvalue weighted by molar-refractivity contribution is 4.89. The summed E-state index contributed by atoms with van der Waals surface area (Å²) in [6.45, 7) is 23.0. The highest BCUT2D eigenvalue weighted by Crippen LogP contribution is 2.35. The molecule has 0 aromatic heterocycles. The van der Waals surface area contributed by atoms with Crippen molar-refractivity contribution in [1.82, 2.24) is 4.90 Å². The Bertz CT molecular complexity index is 200. The van der Waals surface area contributed by atoms with E-state index in [0.29, 0.717) is 5.54 Å². The van der Waals surface area contributed by atoms with Gasteiger partial charge >= 0.3 is 0 Å². The molecule has 0 saturated heterocycles. The average Bonchev–Trinajstić information content (AvgIpc) is 2.52. The monoisotopic (exact) mass is 315 g/mol. The van der Waals surface area contributed by atoms with Crippen LogP contribution in [0.1, 0.15) is 108 Å². The number of hydrogen-bond donors (Lipinski definition) is 0. The van der Waals surface area contributed by atoms with Gasteiger partial charge in [-0.3, -0.25) is 0 Å². The summed E-state index contributed by atoms with van der Waals surface area (Å²) in [5.74, 6) is 1.81. The van der Waals surface area contributed by atoms with Gasteiger partial charge in [-0.25, -0.2) is 0 Å². The van der Waals surface area contributed by atoms with Gasteiger partial charge < -0.3 is 4.90 Å². The molecular formula is C21H49N. The van der Waals surface area contributed by atoms with Crippen LogP contribution in [0.4, 0.5) is 0 Å². The summed E-state index contributed by atoms with van der Waals surface area (Å²) in [5.41, 5.74) is 0.494. The summed E-state index contributed by atoms with van der Waals surface area (Å²) in [7, 11) is 2.29. The van der Waals surface area contributed by atoms with Crippen molar-refractivity contribution in [2.45, 2.75) is 113 Å². The Balaban J connectivity index is -0.000000338. The normalized spacial score (nSPS) is 23.6. The van der Waals surface area contributed by atoms with Gasteiger partial charge in [-0.2, -0.15) is 0 Å². The third kappa shape index (κ3) is 13.6. The second-order valence-electron chi connectivity index (χ2n) is 6.92. The lowest BCUT2D eigenvalue weighted by atomic mass is 9.76. The fraction of sp³-hybridized carbons (Fsp3) is 1.00. The zero-order chi connectivity index (χ0) is 18.2. The first-order valence-electron chi connectivity index (χ1n) is 10.1. The first-order chi connectivity index (χ1) is 10.4. The van der Waals surface area contributed by atoms with Crippen LogP contribution in [0.5, 0.6) is 0 Å². The van der Waals surface area contributed by atoms with Crippen LogP contribution in [0, 0.1) is 11.8 Å². The van der Waals surface area contributed by atoms with Crippen molar-refractivity contribution in [2.24, 2.45) is 11.8 Å². The molecular weight excluding hydrogens is 266 g/mol. The second kappa shape index (κ2) is 17.3. The van der Waals surface area contributed by atoms with Crippen molar-refractivity contribution in [3.63, 3.8) is 0 Å². The van der Waals surface area contributed by atoms with Crippen LogP contribution >= 0.6 is 0 Å². The Kier molecular flexibility index (Phi) is 21.1. The Morgan fingerprint density at radius 2 is 1.55 bits per heavy atom. The van der Waals surface area contributed by atoms with Crippen molar-refractivity contribution in [1.29, 1.82) is 0 Å². The van der Waals surface area contributed by atoms with Crippen LogP contribution in [-0.2, 0) is 0 Å². The maximum atomic E-state index is 2.57. The highest BCUT2D eigenvalue weighted by atomic mass is 15.2. The maximum absolute atomic E-state index is 2.57. The Hall–Kier alpha value is -0.0400. The van der Waals surface area contributed by atoms with Crippen LogP contribution in [0.3, 0.4) is 0 Å². The summed E-state index contributed by atoms with van der Waals surface area (Å²) >= 11 is 0. The third-order valence-electron chi connectivity index (χ3n) is 4.50. The molecule has 0 heterocycles. The highest BCUT2D eigenvalue weighted by Gasteiger charge is 2.33. The van der Waals surface area contributed by atoms with Gasteiger partial charge in [-0.15, -0.1) is 0 Å². The molecule has 0 bridgehead atoms. The molecule has 22 heavy (non-hydrogen) atoms. The lowest BCUT2D eigenvalue weighted by Gasteiger charge is -2.44. The third-order valence-corrected chi connectivity index (χ3v) is 4.50. The Labute approximate surface area is 144 Å². The SMILES string of the molecule is CC.CC.CCC(C)C.CCCN(C)C1(C)CCCC(C)C1. The van der Waals surface area contributed by atoms with Gasteiger partial charge in [-0.1, -0.05) is 81.6 Å². The number of hydrogen-bond acceptors (Lipinski definition) is 1. The van der Waals surface area contributed by atoms with Gasteiger partial charge in [0, 0.05) is 5.54 Å². The van der Waals surface area contributed by atoms with Crippen LogP contribution in [-0.4, -0.2) is 24.0 Å². The molecule has 2 atom stereocenters. The van der Waals surface area contributed by atoms with Crippen LogP contribution < -0.4 is 0 Å². The zero-order valence-electron chi connectivity index (χ0n) is 18.1. The lowest BCUT2D eigenvalue weighted by molar-refractivity contribution is 0.0711. The lowest BCUT2D eigenvalue weighted by Crippen LogP contribution is -2.47. The van der Waals surface area contributed by atoms with Gasteiger partial charge in [0.25, 0.3) is 0 Å². The molecule has 1 aliphatic rings. The Morgan fingerprint density at radius 1 is 1.09 bits per heavy atom. The first-order valence-corrected chi connectivity index (χ1v) is 10.1. The zero-order valence-corrected chi connectivity index (χ0v) is 18.1. The molecule has 1 aliphatic carbocycles. The Morgan fingerprint density at radius 3 is 1.86 bits per heavy atom. The van der Waals surface area contributed by atoms with Crippen LogP contribution in [0.2, 0.25) is 0 Å². The van der Waals surface area contributed by atoms with E-state index >= 15 is 0 Å². The molecule has 1 nitrogen and oxygen atoms in total. The molecule has 0 aliphatic heterocycles. The largest absolute Gasteiger partial charge is 0.301 e. The van der Waals surface area contributed by atoms with Crippen molar-refractivity contribution >= 4 is 0 Å². The van der Waals surface area contributed by atoms with Gasteiger partial charge in [-0.05, 0) is 51.6 Å². The molecule has 0 spiro atoms. The minimum Gasteiger partial charge on any atom is -0.301 e. The molecule has 0 radical (unpaired) electrons. The molecule has 1 heteroatoms. The fourth-order valence-corrected chi connectivity index (χ4v) is 2.74. The standard InChI is InChI=1S/C12H25N.C5H12.2C2H6/c1-5-9-13(4)12(3)8-6-7-11(2)10-12;1-4-5(2)3;2*1-2/h11H,5-10H2,1-4H3;5H,4H2,1-3H3;2*1-2H3. The number of rotatable bonds is 4. The molecule has 0 N–H and O–H groups in total. The van der Waals surface area contributed by atoms with Gasteiger partial charge in [0.15, 0.2) is 0 Å². The average molecular weight is 316 g/mol. The van der Waals surface area contributed by atoms with Crippen LogP contribution in [0.15, 0.2) is 0 Å². The molecule has 0 aromatic rings. The fourth-order valence-electron chi connectivity index (χ4n) is 2.74. The van der Waals surface area contributed by atoms with E-state index in [1.807, 2.05) is 27.7 Å². The van der Waals surface area contributed by atoms with Crippen molar-refractivity contribution in [2.75, 3.05) is 13.6 Å². The molecule has 138 valence electrons. The van der Waals surface area contributed by atoms with E-state index in [1.165, 1.54) is 45.1 Å². The van der Waals surface area contributed by atoms with Gasteiger partial charge in [0.05, 0.1) is 0 Å². The molecule has 2 unspecified atom stereocenters. The molecule has 1 saturated carbocycles. The summed E-state index contributed by atoms with van der Waals surface area (Å²) in [4.78, 5) is 2.57. The summed E-state index contributed by atoms with van der Waals surface area (Å²) in [5, 5.41) is 0. The molecule has 0 aromatic carbocycles. The van der Waals surface area contributed by atoms with Gasteiger partial charge in [0.1, 0.15) is 0 Å². The predicted molar refractivity (Wildman–Crippen MR) is 107 cm³/mol. The number of nitrogens with zero attached hydrogens (tertiary/aromatic N) is 1. The quantitative estimate of drug-likeness (QED) is 0.522. The summed E-state index contributed by atoms with van der Waals surface area (Å²) in [6.07, 6.45) is 8.24. The van der Waals surface area contributed by atoms with E-state index in [0.717, 1.165) is 11.8 Å². The first kappa shape index (κ1) is 26.8. The molecule has 1 rings (SSSR count). The summed E-state index contributed by atoms with van der Waals surface area (Å²) in [6, 6.07) is 0. The second-order valence-corrected chi connectivity index (χ2v) is 6.92. The van der Waals surface area contributed by atoms with Gasteiger partial charge in [0.2, 0.25) is 0 Å². The van der Waals surface area contributed by atoms with E-state index in [9.17, 15) is 0 Å². The van der Waals surface area contributed by atoms with Crippen molar-refractivity contribution in [3.05, 3.63) is 0 Å².